The highest BCUT2D eigenvalue weighted by atomic mass is 16.5. The number of aliphatic hydroxyl groups excluding tert-OH is 2. The Bertz CT molecular complexity index is 1050. The molecule has 2 aliphatic rings. The van der Waals surface area contributed by atoms with E-state index in [1.54, 1.807) is 0 Å². The predicted molar refractivity (Wildman–Crippen MR) is 109 cm³/mol. The van der Waals surface area contributed by atoms with Crippen molar-refractivity contribution in [2.45, 2.75) is 63.6 Å². The van der Waals surface area contributed by atoms with Gasteiger partial charge < -0.3 is 24.8 Å². The molecule has 0 amide bonds. The largest absolute Gasteiger partial charge is 0.487 e. The number of hydrogen-bond acceptors (Lipinski definition) is 6. The molecule has 7 heteroatoms. The van der Waals surface area contributed by atoms with Crippen LogP contribution >= 0.6 is 0 Å². The average molecular weight is 394 g/mol. The lowest BCUT2D eigenvalue weighted by atomic mass is 9.96. The number of fused-ring (bicyclic) bond motifs is 2. The Labute approximate surface area is 169 Å². The van der Waals surface area contributed by atoms with Gasteiger partial charge in [0.1, 0.15) is 36.0 Å². The van der Waals surface area contributed by atoms with Gasteiger partial charge in [0.2, 0.25) is 0 Å². The Kier molecular flexibility index (Phi) is 4.53. The molecule has 3 N–H and O–H groups in total. The zero-order valence-corrected chi connectivity index (χ0v) is 16.6. The topological polar surface area (TPSA) is 92.4 Å². The lowest BCUT2D eigenvalue weighted by Gasteiger charge is -2.27. The third kappa shape index (κ3) is 3.10. The fraction of sp³-hybridized carbons (Fsp3) is 0.455. The summed E-state index contributed by atoms with van der Waals surface area (Å²) in [6, 6.07) is 8.17. The summed E-state index contributed by atoms with van der Waals surface area (Å²) in [5.74, 6) is 0.786. The molecule has 29 heavy (non-hydrogen) atoms. The molecule has 0 radical (unpaired) electrons. The Balaban J connectivity index is 1.42. The third-order valence-corrected chi connectivity index (χ3v) is 6.33. The van der Waals surface area contributed by atoms with Crippen LogP contribution in [-0.2, 0) is 13.0 Å². The zero-order chi connectivity index (χ0) is 20.1. The highest BCUT2D eigenvalue weighted by Gasteiger charge is 2.44. The van der Waals surface area contributed by atoms with Gasteiger partial charge in [-0.05, 0) is 38.0 Å². The molecule has 1 fully saturated rings. The molecule has 1 saturated carbocycles. The van der Waals surface area contributed by atoms with E-state index in [2.05, 4.69) is 28.3 Å². The van der Waals surface area contributed by atoms with Crippen LogP contribution in [0.25, 0.3) is 11.0 Å². The first-order valence-corrected chi connectivity index (χ1v) is 10.2. The smallest absolute Gasteiger partial charge is 0.143 e. The monoisotopic (exact) mass is 394 g/mol. The summed E-state index contributed by atoms with van der Waals surface area (Å²) in [5, 5.41) is 25.9. The van der Waals surface area contributed by atoms with Gasteiger partial charge in [-0.2, -0.15) is 0 Å². The van der Waals surface area contributed by atoms with Gasteiger partial charge in [0.05, 0.1) is 11.7 Å². The van der Waals surface area contributed by atoms with Gasteiger partial charge in [0.15, 0.2) is 0 Å². The first-order valence-electron chi connectivity index (χ1n) is 10.2. The van der Waals surface area contributed by atoms with Crippen molar-refractivity contribution in [3.05, 3.63) is 53.6 Å². The van der Waals surface area contributed by atoms with Crippen molar-refractivity contribution in [3.63, 3.8) is 0 Å². The van der Waals surface area contributed by atoms with Gasteiger partial charge in [0.25, 0.3) is 0 Å². The second kappa shape index (κ2) is 7.09. The van der Waals surface area contributed by atoms with Crippen molar-refractivity contribution >= 4 is 11.0 Å². The number of nitrogens with one attached hydrogen (secondary N) is 1. The maximum Gasteiger partial charge on any atom is 0.143 e. The second-order valence-corrected chi connectivity index (χ2v) is 8.24. The first-order chi connectivity index (χ1) is 14.0. The number of benzene rings is 1. The predicted octanol–water partition coefficient (Wildman–Crippen LogP) is 1.89. The number of aryl methyl sites for hydroxylation is 1. The minimum atomic E-state index is -0.966. The Morgan fingerprint density at radius 2 is 2.03 bits per heavy atom. The van der Waals surface area contributed by atoms with Gasteiger partial charge in [-0.1, -0.05) is 12.1 Å². The Morgan fingerprint density at radius 3 is 2.90 bits per heavy atom. The molecule has 7 nitrogen and oxygen atoms in total. The lowest BCUT2D eigenvalue weighted by Crippen LogP contribution is -2.36. The van der Waals surface area contributed by atoms with Gasteiger partial charge in [-0.15, -0.1) is 0 Å². The first kappa shape index (κ1) is 18.5. The van der Waals surface area contributed by atoms with Crippen LogP contribution in [0.4, 0.5) is 0 Å². The van der Waals surface area contributed by atoms with E-state index in [0.717, 1.165) is 41.0 Å². The highest BCUT2D eigenvalue weighted by Crippen LogP contribution is 2.37. The molecule has 152 valence electrons. The average Bonchev–Trinajstić information content (AvgIpc) is 3.25. The molecule has 3 heterocycles. The summed E-state index contributed by atoms with van der Waals surface area (Å²) in [4.78, 5) is 8.62. The maximum atomic E-state index is 10.8. The Morgan fingerprint density at radius 1 is 1.17 bits per heavy atom. The zero-order valence-electron chi connectivity index (χ0n) is 16.6. The van der Waals surface area contributed by atoms with Crippen LogP contribution < -0.4 is 10.1 Å². The van der Waals surface area contributed by atoms with Crippen LogP contribution in [0.3, 0.4) is 0 Å². The van der Waals surface area contributed by atoms with Gasteiger partial charge in [0, 0.05) is 36.2 Å². The summed E-state index contributed by atoms with van der Waals surface area (Å²) in [5.41, 5.74) is 4.09. The van der Waals surface area contributed by atoms with Crippen LogP contribution in [0.1, 0.15) is 36.2 Å². The van der Waals surface area contributed by atoms with Crippen LogP contribution in [0.15, 0.2) is 36.8 Å². The van der Waals surface area contributed by atoms with E-state index in [-0.39, 0.29) is 6.04 Å². The molecule has 0 bridgehead atoms. The molecule has 5 rings (SSSR count). The van der Waals surface area contributed by atoms with E-state index in [1.165, 1.54) is 11.9 Å². The normalized spacial score (nSPS) is 29.2. The van der Waals surface area contributed by atoms with Crippen LogP contribution in [0.5, 0.6) is 5.75 Å². The molecule has 1 aliphatic carbocycles. The quantitative estimate of drug-likeness (QED) is 0.628. The van der Waals surface area contributed by atoms with E-state index in [1.807, 2.05) is 35.9 Å². The van der Waals surface area contributed by atoms with E-state index in [0.29, 0.717) is 12.5 Å². The highest BCUT2D eigenvalue weighted by molar-refractivity contribution is 5.78. The van der Waals surface area contributed by atoms with Gasteiger partial charge in [-0.25, -0.2) is 9.97 Å². The van der Waals surface area contributed by atoms with Crippen molar-refractivity contribution in [2.24, 2.45) is 0 Å². The summed E-state index contributed by atoms with van der Waals surface area (Å²) in [6.45, 7) is 4.86. The van der Waals surface area contributed by atoms with Gasteiger partial charge >= 0.3 is 0 Å². The molecular weight excluding hydrogens is 368 g/mol. The number of nitrogens with zero attached hydrogens (tertiary/aromatic N) is 3. The van der Waals surface area contributed by atoms with Gasteiger partial charge in [-0.3, -0.25) is 0 Å². The molecule has 1 unspecified atom stereocenters. The van der Waals surface area contributed by atoms with Crippen molar-refractivity contribution < 1.29 is 14.9 Å². The number of ether oxygens (including phenoxy) is 1. The van der Waals surface area contributed by atoms with Crippen molar-refractivity contribution in [2.75, 3.05) is 0 Å². The lowest BCUT2D eigenvalue weighted by molar-refractivity contribution is -0.0166. The van der Waals surface area contributed by atoms with Crippen LogP contribution in [0, 0.1) is 6.92 Å². The minimum Gasteiger partial charge on any atom is -0.487 e. The number of aromatic nitrogens is 3. The molecule has 5 atom stereocenters. The van der Waals surface area contributed by atoms with Crippen LogP contribution in [-0.4, -0.2) is 49.1 Å². The summed E-state index contributed by atoms with van der Waals surface area (Å²) >= 11 is 0. The van der Waals surface area contributed by atoms with Crippen molar-refractivity contribution in [1.82, 2.24) is 19.9 Å². The fourth-order valence-corrected chi connectivity index (χ4v) is 4.68. The Hall–Kier alpha value is -2.48. The molecule has 2 aromatic heterocycles. The molecule has 1 aliphatic heterocycles. The summed E-state index contributed by atoms with van der Waals surface area (Å²) in [6.07, 6.45) is 2.52. The third-order valence-electron chi connectivity index (χ3n) is 6.33. The van der Waals surface area contributed by atoms with E-state index in [4.69, 9.17) is 4.74 Å². The van der Waals surface area contributed by atoms with E-state index < -0.39 is 18.3 Å². The molecular formula is C22H26N4O3. The van der Waals surface area contributed by atoms with Crippen molar-refractivity contribution in [1.29, 1.82) is 0 Å². The number of hydrogen-bond donors (Lipinski definition) is 3. The molecule has 3 aromatic rings. The number of aliphatic hydroxyl groups is 2. The van der Waals surface area contributed by atoms with Crippen molar-refractivity contribution in [3.8, 4) is 5.75 Å². The SMILES string of the molecule is Cc1ncnc2c1ccn2[C@@H]1C[C@H](Oc2cccc3c2CNC(C)C3)[C@@H](O)[C@H]1O. The van der Waals surface area contributed by atoms with Crippen LogP contribution in [0.2, 0.25) is 0 Å². The molecule has 1 aromatic carbocycles. The van der Waals surface area contributed by atoms with E-state index >= 15 is 0 Å². The summed E-state index contributed by atoms with van der Waals surface area (Å²) < 4.78 is 8.20. The second-order valence-electron chi connectivity index (χ2n) is 8.24. The molecule has 0 spiro atoms. The summed E-state index contributed by atoms with van der Waals surface area (Å²) in [7, 11) is 0. The van der Waals surface area contributed by atoms with E-state index in [9.17, 15) is 10.2 Å². The maximum absolute atomic E-state index is 10.8. The molecule has 0 saturated heterocycles. The minimum absolute atomic E-state index is 0.306. The standard InChI is InChI=1S/C22H26N4O3/c1-12-8-14-4-3-5-18(16(14)10-23-12)29-19-9-17(20(27)21(19)28)26-7-6-15-13(2)24-11-25-22(15)26/h3-7,11-12,17,19-21,23,27-28H,8-10H2,1-2H3/t12?,17-,19+,20+,21-/m1/s1. The fourth-order valence-electron chi connectivity index (χ4n) is 4.68. The number of rotatable bonds is 3.